The average Bonchev–Trinajstić information content (AvgIpc) is 3.32. The third kappa shape index (κ3) is 3.04. The summed E-state index contributed by atoms with van der Waals surface area (Å²) < 4.78 is 5.57. The van der Waals surface area contributed by atoms with Gasteiger partial charge in [-0.1, -0.05) is 53.6 Å². The molecule has 130 valence electrons. The van der Waals surface area contributed by atoms with Crippen LogP contribution in [0, 0.1) is 6.92 Å². The van der Waals surface area contributed by atoms with E-state index >= 15 is 0 Å². The van der Waals surface area contributed by atoms with E-state index in [1.807, 2.05) is 43.3 Å². The predicted octanol–water partition coefficient (Wildman–Crippen LogP) is 5.23. The number of hydrazone groups is 1. The van der Waals surface area contributed by atoms with E-state index in [0.29, 0.717) is 22.8 Å². The molecule has 26 heavy (non-hydrogen) atoms. The van der Waals surface area contributed by atoms with Crippen molar-refractivity contribution in [3.63, 3.8) is 0 Å². The Hall–Kier alpha value is -2.85. The van der Waals surface area contributed by atoms with Gasteiger partial charge in [0.25, 0.3) is 5.91 Å². The van der Waals surface area contributed by atoms with Gasteiger partial charge in [0.2, 0.25) is 0 Å². The summed E-state index contributed by atoms with van der Waals surface area (Å²) in [4.78, 5) is 13.1. The summed E-state index contributed by atoms with van der Waals surface area (Å²) in [6.45, 7) is 2.04. The van der Waals surface area contributed by atoms with Gasteiger partial charge in [0.05, 0.1) is 22.6 Å². The number of benzene rings is 2. The largest absolute Gasteiger partial charge is 0.467 e. The number of hydrogen-bond acceptors (Lipinski definition) is 3. The van der Waals surface area contributed by atoms with E-state index in [0.717, 1.165) is 11.3 Å². The number of hydrogen-bond donors (Lipinski definition) is 0. The van der Waals surface area contributed by atoms with Gasteiger partial charge in [-0.25, -0.2) is 5.01 Å². The summed E-state index contributed by atoms with van der Waals surface area (Å²) in [6.07, 6.45) is 2.20. The number of rotatable bonds is 3. The molecule has 0 aliphatic carbocycles. The number of nitrogens with zero attached hydrogens (tertiary/aromatic N) is 2. The van der Waals surface area contributed by atoms with Crippen LogP contribution in [0.1, 0.15) is 39.7 Å². The first-order valence-electron chi connectivity index (χ1n) is 8.39. The van der Waals surface area contributed by atoms with E-state index in [1.165, 1.54) is 10.6 Å². The third-order valence-corrected chi connectivity index (χ3v) is 4.81. The zero-order chi connectivity index (χ0) is 18.1. The first kappa shape index (κ1) is 16.6. The number of aryl methyl sites for hydroxylation is 1. The van der Waals surface area contributed by atoms with E-state index in [-0.39, 0.29) is 11.9 Å². The van der Waals surface area contributed by atoms with Crippen LogP contribution in [0.2, 0.25) is 5.02 Å². The number of carbonyl (C=O) groups is 1. The second kappa shape index (κ2) is 6.81. The van der Waals surface area contributed by atoms with E-state index in [1.54, 1.807) is 30.5 Å². The van der Waals surface area contributed by atoms with E-state index in [9.17, 15) is 4.79 Å². The monoisotopic (exact) mass is 364 g/mol. The number of furan rings is 1. The van der Waals surface area contributed by atoms with Gasteiger partial charge >= 0.3 is 0 Å². The molecule has 1 unspecified atom stereocenters. The van der Waals surface area contributed by atoms with Crippen LogP contribution in [-0.4, -0.2) is 16.6 Å². The van der Waals surface area contributed by atoms with Crippen LogP contribution in [0.25, 0.3) is 0 Å². The van der Waals surface area contributed by atoms with Crippen molar-refractivity contribution < 1.29 is 9.21 Å². The van der Waals surface area contributed by atoms with Gasteiger partial charge in [-0.2, -0.15) is 5.10 Å². The summed E-state index contributed by atoms with van der Waals surface area (Å²) >= 11 is 6.22. The molecule has 4 nitrogen and oxygen atoms in total. The standard InChI is InChI=1S/C21H17ClN2O2/c1-14-8-10-15(11-9-14)18-13-19(20-7-4-12-26-20)24(23-18)21(25)16-5-2-3-6-17(16)22/h2-12,19H,13H2,1H3. The summed E-state index contributed by atoms with van der Waals surface area (Å²) in [5.41, 5.74) is 3.46. The molecule has 0 fully saturated rings. The number of amides is 1. The van der Waals surface area contributed by atoms with Gasteiger partial charge in [-0.05, 0) is 36.8 Å². The molecule has 0 bridgehead atoms. The van der Waals surface area contributed by atoms with Crippen molar-refractivity contribution in [2.75, 3.05) is 0 Å². The highest BCUT2D eigenvalue weighted by Gasteiger charge is 2.35. The van der Waals surface area contributed by atoms with Crippen LogP contribution >= 0.6 is 11.6 Å². The molecule has 0 spiro atoms. The fourth-order valence-corrected chi connectivity index (χ4v) is 3.30. The van der Waals surface area contributed by atoms with E-state index < -0.39 is 0 Å². The maximum Gasteiger partial charge on any atom is 0.276 e. The molecule has 2 heterocycles. The molecule has 1 amide bonds. The lowest BCUT2D eigenvalue weighted by atomic mass is 10.0. The van der Waals surface area contributed by atoms with Gasteiger partial charge in [-0.3, -0.25) is 4.79 Å². The number of carbonyl (C=O) groups excluding carboxylic acids is 1. The highest BCUT2D eigenvalue weighted by molar-refractivity contribution is 6.33. The SMILES string of the molecule is Cc1ccc(C2=NN(C(=O)c3ccccc3Cl)C(c3ccco3)C2)cc1. The topological polar surface area (TPSA) is 45.8 Å². The van der Waals surface area contributed by atoms with Crippen molar-refractivity contribution >= 4 is 23.2 Å². The third-order valence-electron chi connectivity index (χ3n) is 4.48. The molecule has 0 saturated carbocycles. The minimum absolute atomic E-state index is 0.237. The molecular formula is C21H17ClN2O2. The summed E-state index contributed by atoms with van der Waals surface area (Å²) in [5.74, 6) is 0.468. The molecule has 4 rings (SSSR count). The van der Waals surface area contributed by atoms with Gasteiger partial charge in [0.1, 0.15) is 11.8 Å². The lowest BCUT2D eigenvalue weighted by molar-refractivity contribution is 0.0693. The molecule has 1 aliphatic rings. The molecular weight excluding hydrogens is 348 g/mol. The summed E-state index contributed by atoms with van der Waals surface area (Å²) in [6, 6.07) is 18.5. The maximum atomic E-state index is 13.1. The molecule has 2 aromatic carbocycles. The maximum absolute atomic E-state index is 13.1. The molecule has 0 radical (unpaired) electrons. The van der Waals surface area contributed by atoms with Crippen LogP contribution in [0.15, 0.2) is 76.4 Å². The molecule has 0 N–H and O–H groups in total. The van der Waals surface area contributed by atoms with Crippen molar-refractivity contribution in [2.45, 2.75) is 19.4 Å². The van der Waals surface area contributed by atoms with Gasteiger partial charge < -0.3 is 4.42 Å². The first-order valence-corrected chi connectivity index (χ1v) is 8.77. The Bertz CT molecular complexity index is 962. The van der Waals surface area contributed by atoms with Crippen molar-refractivity contribution in [2.24, 2.45) is 5.10 Å². The Morgan fingerprint density at radius 3 is 2.58 bits per heavy atom. The van der Waals surface area contributed by atoms with Crippen molar-refractivity contribution in [3.8, 4) is 0 Å². The minimum Gasteiger partial charge on any atom is -0.467 e. The fourth-order valence-electron chi connectivity index (χ4n) is 3.08. The Morgan fingerprint density at radius 2 is 1.88 bits per heavy atom. The van der Waals surface area contributed by atoms with Gasteiger partial charge in [-0.15, -0.1) is 0 Å². The zero-order valence-corrected chi connectivity index (χ0v) is 15.0. The quantitative estimate of drug-likeness (QED) is 0.638. The molecule has 3 aromatic rings. The van der Waals surface area contributed by atoms with Crippen LogP contribution in [0.4, 0.5) is 0 Å². The second-order valence-corrected chi connectivity index (χ2v) is 6.68. The van der Waals surface area contributed by atoms with Crippen molar-refractivity contribution in [3.05, 3.63) is 94.4 Å². The van der Waals surface area contributed by atoms with Crippen LogP contribution in [-0.2, 0) is 0 Å². The Morgan fingerprint density at radius 1 is 1.12 bits per heavy atom. The molecule has 1 aromatic heterocycles. The Kier molecular flexibility index (Phi) is 4.35. The van der Waals surface area contributed by atoms with Crippen LogP contribution < -0.4 is 0 Å². The lowest BCUT2D eigenvalue weighted by Gasteiger charge is -2.20. The lowest BCUT2D eigenvalue weighted by Crippen LogP contribution is -2.27. The number of halogens is 1. The highest BCUT2D eigenvalue weighted by atomic mass is 35.5. The fraction of sp³-hybridized carbons (Fsp3) is 0.143. The van der Waals surface area contributed by atoms with Crippen molar-refractivity contribution in [1.29, 1.82) is 0 Å². The second-order valence-electron chi connectivity index (χ2n) is 6.28. The van der Waals surface area contributed by atoms with Crippen molar-refractivity contribution in [1.82, 2.24) is 5.01 Å². The van der Waals surface area contributed by atoms with Gasteiger partial charge in [0.15, 0.2) is 0 Å². The summed E-state index contributed by atoms with van der Waals surface area (Å²) in [7, 11) is 0. The van der Waals surface area contributed by atoms with E-state index in [4.69, 9.17) is 16.0 Å². The van der Waals surface area contributed by atoms with Crippen LogP contribution in [0.3, 0.4) is 0 Å². The summed E-state index contributed by atoms with van der Waals surface area (Å²) in [5, 5.41) is 6.52. The molecule has 5 heteroatoms. The van der Waals surface area contributed by atoms with Crippen LogP contribution in [0.5, 0.6) is 0 Å². The Labute approximate surface area is 156 Å². The average molecular weight is 365 g/mol. The Balaban J connectivity index is 1.73. The smallest absolute Gasteiger partial charge is 0.276 e. The minimum atomic E-state index is -0.287. The normalized spacial score (nSPS) is 16.6. The molecule has 1 atom stereocenters. The first-order chi connectivity index (χ1) is 12.6. The zero-order valence-electron chi connectivity index (χ0n) is 14.2. The predicted molar refractivity (Wildman–Crippen MR) is 101 cm³/mol. The van der Waals surface area contributed by atoms with Gasteiger partial charge in [0, 0.05) is 6.42 Å². The highest BCUT2D eigenvalue weighted by Crippen LogP contribution is 2.35. The molecule has 0 saturated heterocycles. The molecule has 1 aliphatic heterocycles. The van der Waals surface area contributed by atoms with E-state index in [2.05, 4.69) is 5.10 Å².